The van der Waals surface area contributed by atoms with Crippen molar-refractivity contribution in [3.63, 3.8) is 0 Å². The van der Waals surface area contributed by atoms with E-state index in [0.717, 1.165) is 18.8 Å². The van der Waals surface area contributed by atoms with Crippen LogP contribution in [0.2, 0.25) is 0 Å². The van der Waals surface area contributed by atoms with Crippen LogP contribution in [0.4, 0.5) is 5.69 Å². The standard InChI is InChI=1S/C11H16N2O/c1-8-3-4-11(14-2)10(5-8)13-7-9(13)6-12/h3-5,9H,6-7,12H2,1-2H3. The molecule has 2 rings (SSSR count). The lowest BCUT2D eigenvalue weighted by molar-refractivity contribution is 0.416. The molecule has 3 nitrogen and oxygen atoms in total. The van der Waals surface area contributed by atoms with E-state index in [4.69, 9.17) is 10.5 Å². The summed E-state index contributed by atoms with van der Waals surface area (Å²) in [7, 11) is 1.70. The van der Waals surface area contributed by atoms with Crippen LogP contribution in [0, 0.1) is 6.92 Å². The number of benzene rings is 1. The van der Waals surface area contributed by atoms with Gasteiger partial charge < -0.3 is 15.4 Å². The fraction of sp³-hybridized carbons (Fsp3) is 0.455. The van der Waals surface area contributed by atoms with Crippen LogP contribution in [0.25, 0.3) is 0 Å². The largest absolute Gasteiger partial charge is 0.495 e. The van der Waals surface area contributed by atoms with Crippen molar-refractivity contribution >= 4 is 5.69 Å². The van der Waals surface area contributed by atoms with Crippen LogP contribution in [0.15, 0.2) is 18.2 Å². The Morgan fingerprint density at radius 2 is 2.36 bits per heavy atom. The van der Waals surface area contributed by atoms with Gasteiger partial charge in [0.05, 0.1) is 18.8 Å². The van der Waals surface area contributed by atoms with E-state index >= 15 is 0 Å². The molecule has 0 saturated carbocycles. The van der Waals surface area contributed by atoms with Gasteiger partial charge in [0.1, 0.15) is 5.75 Å². The Labute approximate surface area is 84.5 Å². The number of hydrogen-bond acceptors (Lipinski definition) is 3. The minimum atomic E-state index is 0.505. The average molecular weight is 192 g/mol. The maximum Gasteiger partial charge on any atom is 0.142 e. The highest BCUT2D eigenvalue weighted by molar-refractivity contribution is 5.64. The zero-order chi connectivity index (χ0) is 10.1. The normalized spacial score (nSPS) is 19.6. The molecule has 0 spiro atoms. The van der Waals surface area contributed by atoms with E-state index in [0.29, 0.717) is 6.04 Å². The first-order valence-corrected chi connectivity index (χ1v) is 4.87. The van der Waals surface area contributed by atoms with Crippen molar-refractivity contribution in [2.24, 2.45) is 5.73 Å². The van der Waals surface area contributed by atoms with E-state index in [1.165, 1.54) is 11.3 Å². The smallest absolute Gasteiger partial charge is 0.142 e. The molecule has 3 heteroatoms. The van der Waals surface area contributed by atoms with E-state index in [1.54, 1.807) is 7.11 Å². The van der Waals surface area contributed by atoms with Gasteiger partial charge in [0.25, 0.3) is 0 Å². The van der Waals surface area contributed by atoms with E-state index in [1.807, 2.05) is 6.07 Å². The second kappa shape index (κ2) is 3.50. The summed E-state index contributed by atoms with van der Waals surface area (Å²) in [6.07, 6.45) is 0. The van der Waals surface area contributed by atoms with Gasteiger partial charge in [-0.15, -0.1) is 0 Å². The van der Waals surface area contributed by atoms with Crippen LogP contribution in [-0.4, -0.2) is 26.2 Å². The number of nitrogens with two attached hydrogens (primary N) is 1. The summed E-state index contributed by atoms with van der Waals surface area (Å²) in [4.78, 5) is 2.27. The molecule has 0 bridgehead atoms. The molecule has 0 radical (unpaired) electrons. The Balaban J connectivity index is 2.27. The van der Waals surface area contributed by atoms with Crippen LogP contribution in [-0.2, 0) is 0 Å². The number of hydrogen-bond donors (Lipinski definition) is 1. The van der Waals surface area contributed by atoms with Gasteiger partial charge in [0, 0.05) is 13.1 Å². The van der Waals surface area contributed by atoms with Crippen LogP contribution in [0.5, 0.6) is 5.75 Å². The van der Waals surface area contributed by atoms with Crippen molar-refractivity contribution in [2.75, 3.05) is 25.1 Å². The third-order valence-electron chi connectivity index (χ3n) is 2.63. The van der Waals surface area contributed by atoms with Crippen LogP contribution in [0.3, 0.4) is 0 Å². The van der Waals surface area contributed by atoms with Gasteiger partial charge in [0.2, 0.25) is 0 Å². The number of ether oxygens (including phenoxy) is 1. The topological polar surface area (TPSA) is 38.3 Å². The lowest BCUT2D eigenvalue weighted by Crippen LogP contribution is -2.12. The highest BCUT2D eigenvalue weighted by atomic mass is 16.5. The summed E-state index contributed by atoms with van der Waals surface area (Å²) in [6, 6.07) is 6.72. The summed E-state index contributed by atoms with van der Waals surface area (Å²) in [6.45, 7) is 3.86. The molecule has 14 heavy (non-hydrogen) atoms. The van der Waals surface area contributed by atoms with Crippen molar-refractivity contribution < 1.29 is 4.74 Å². The molecular weight excluding hydrogens is 176 g/mol. The molecule has 0 aromatic heterocycles. The Hall–Kier alpha value is -1.22. The molecule has 1 aliphatic heterocycles. The minimum Gasteiger partial charge on any atom is -0.495 e. The van der Waals surface area contributed by atoms with Crippen molar-refractivity contribution in [3.8, 4) is 5.75 Å². The predicted octanol–water partition coefficient (Wildman–Crippen LogP) is 1.15. The Morgan fingerprint density at radius 1 is 1.57 bits per heavy atom. The van der Waals surface area contributed by atoms with Crippen molar-refractivity contribution in [3.05, 3.63) is 23.8 Å². The summed E-state index contributed by atoms with van der Waals surface area (Å²) in [5.41, 5.74) is 8.03. The highest BCUT2D eigenvalue weighted by Gasteiger charge is 2.34. The molecular formula is C11H16N2O. The van der Waals surface area contributed by atoms with Gasteiger partial charge in [-0.25, -0.2) is 0 Å². The van der Waals surface area contributed by atoms with Crippen LogP contribution >= 0.6 is 0 Å². The van der Waals surface area contributed by atoms with Crippen molar-refractivity contribution in [1.82, 2.24) is 0 Å². The molecule has 1 unspecified atom stereocenters. The number of nitrogens with zero attached hydrogens (tertiary/aromatic N) is 1. The summed E-state index contributed by atoms with van der Waals surface area (Å²) >= 11 is 0. The second-order valence-electron chi connectivity index (χ2n) is 3.72. The molecule has 1 aromatic carbocycles. The number of aryl methyl sites for hydroxylation is 1. The van der Waals surface area contributed by atoms with Crippen LogP contribution in [0.1, 0.15) is 5.56 Å². The molecule has 2 N–H and O–H groups in total. The third-order valence-corrected chi connectivity index (χ3v) is 2.63. The highest BCUT2D eigenvalue weighted by Crippen LogP contribution is 2.36. The van der Waals surface area contributed by atoms with Crippen molar-refractivity contribution in [2.45, 2.75) is 13.0 Å². The number of methoxy groups -OCH3 is 1. The molecule has 1 saturated heterocycles. The molecule has 1 aliphatic rings. The quantitative estimate of drug-likeness (QED) is 0.730. The van der Waals surface area contributed by atoms with Gasteiger partial charge in [0.15, 0.2) is 0 Å². The molecule has 1 fully saturated rings. The van der Waals surface area contributed by atoms with Gasteiger partial charge >= 0.3 is 0 Å². The predicted molar refractivity (Wildman–Crippen MR) is 57.9 cm³/mol. The zero-order valence-electron chi connectivity index (χ0n) is 8.66. The fourth-order valence-electron chi connectivity index (χ4n) is 1.70. The molecule has 76 valence electrons. The third kappa shape index (κ3) is 1.55. The van der Waals surface area contributed by atoms with E-state index < -0.39 is 0 Å². The lowest BCUT2D eigenvalue weighted by Gasteiger charge is -2.11. The second-order valence-corrected chi connectivity index (χ2v) is 3.72. The number of anilines is 1. The Kier molecular flexibility index (Phi) is 2.33. The Morgan fingerprint density at radius 3 is 2.93 bits per heavy atom. The van der Waals surface area contributed by atoms with E-state index in [2.05, 4.69) is 24.0 Å². The van der Waals surface area contributed by atoms with Gasteiger partial charge in [-0.05, 0) is 24.6 Å². The molecule has 1 atom stereocenters. The first-order valence-electron chi connectivity index (χ1n) is 4.87. The fourth-order valence-corrected chi connectivity index (χ4v) is 1.70. The van der Waals surface area contributed by atoms with Gasteiger partial charge in [-0.1, -0.05) is 6.07 Å². The minimum absolute atomic E-state index is 0.505. The van der Waals surface area contributed by atoms with Crippen molar-refractivity contribution in [1.29, 1.82) is 0 Å². The summed E-state index contributed by atoms with van der Waals surface area (Å²) in [5.74, 6) is 0.937. The first kappa shape index (κ1) is 9.34. The molecule has 0 aliphatic carbocycles. The lowest BCUT2D eigenvalue weighted by atomic mass is 10.2. The molecule has 0 amide bonds. The molecule has 1 aromatic rings. The summed E-state index contributed by atoms with van der Waals surface area (Å²) in [5, 5.41) is 0. The van der Waals surface area contributed by atoms with Crippen LogP contribution < -0.4 is 15.4 Å². The van der Waals surface area contributed by atoms with E-state index in [9.17, 15) is 0 Å². The van der Waals surface area contributed by atoms with E-state index in [-0.39, 0.29) is 0 Å². The molecule has 1 heterocycles. The average Bonchev–Trinajstić information content (AvgIpc) is 2.96. The Bertz CT molecular complexity index is 338. The van der Waals surface area contributed by atoms with Gasteiger partial charge in [-0.3, -0.25) is 0 Å². The van der Waals surface area contributed by atoms with Gasteiger partial charge in [-0.2, -0.15) is 0 Å². The zero-order valence-corrected chi connectivity index (χ0v) is 8.66. The maximum absolute atomic E-state index is 5.61. The monoisotopic (exact) mass is 192 g/mol. The maximum atomic E-state index is 5.61. The SMILES string of the molecule is COc1ccc(C)cc1N1CC1CN. The summed E-state index contributed by atoms with van der Waals surface area (Å²) < 4.78 is 5.31. The first-order chi connectivity index (χ1) is 6.76. The number of rotatable bonds is 3.